The molecular formula is C13H23NOS. The number of hydrogen-bond acceptors (Lipinski definition) is 3. The van der Waals surface area contributed by atoms with Gasteiger partial charge < -0.3 is 10.4 Å². The first-order chi connectivity index (χ1) is 7.31. The lowest BCUT2D eigenvalue weighted by molar-refractivity contribution is 0.0922. The Morgan fingerprint density at radius 1 is 1.31 bits per heavy atom. The SMILES string of the molecule is CC(C)C(NC(C)(C)C)C(O)c1cccs1. The van der Waals surface area contributed by atoms with Gasteiger partial charge in [0, 0.05) is 16.5 Å². The molecule has 1 rings (SSSR count). The summed E-state index contributed by atoms with van der Waals surface area (Å²) < 4.78 is 0. The summed E-state index contributed by atoms with van der Waals surface area (Å²) in [4.78, 5) is 1.04. The third-order valence-electron chi connectivity index (χ3n) is 2.49. The lowest BCUT2D eigenvalue weighted by Gasteiger charge is -2.34. The van der Waals surface area contributed by atoms with Crippen molar-refractivity contribution in [3.63, 3.8) is 0 Å². The van der Waals surface area contributed by atoms with Crippen molar-refractivity contribution >= 4 is 11.3 Å². The highest BCUT2D eigenvalue weighted by Crippen LogP contribution is 2.26. The average Bonchev–Trinajstić information content (AvgIpc) is 2.63. The second-order valence-electron chi connectivity index (χ2n) is 5.62. The molecule has 1 heterocycles. The molecule has 2 atom stereocenters. The van der Waals surface area contributed by atoms with Crippen LogP contribution in [-0.4, -0.2) is 16.7 Å². The van der Waals surface area contributed by atoms with Crippen molar-refractivity contribution in [1.29, 1.82) is 0 Å². The first kappa shape index (κ1) is 13.7. The second kappa shape index (κ2) is 5.30. The zero-order valence-electron chi connectivity index (χ0n) is 10.8. The topological polar surface area (TPSA) is 32.3 Å². The summed E-state index contributed by atoms with van der Waals surface area (Å²) in [5.41, 5.74) is 0.0210. The molecule has 0 bridgehead atoms. The Morgan fingerprint density at radius 2 is 1.94 bits per heavy atom. The van der Waals surface area contributed by atoms with E-state index >= 15 is 0 Å². The van der Waals surface area contributed by atoms with Crippen molar-refractivity contribution in [2.45, 2.75) is 52.3 Å². The zero-order valence-corrected chi connectivity index (χ0v) is 11.6. The van der Waals surface area contributed by atoms with E-state index < -0.39 is 6.10 Å². The van der Waals surface area contributed by atoms with Gasteiger partial charge in [-0.25, -0.2) is 0 Å². The summed E-state index contributed by atoms with van der Waals surface area (Å²) in [6.07, 6.45) is -0.417. The molecule has 0 saturated carbocycles. The third kappa shape index (κ3) is 3.89. The Hall–Kier alpha value is -0.380. The number of hydrogen-bond donors (Lipinski definition) is 2. The van der Waals surface area contributed by atoms with Crippen molar-refractivity contribution < 1.29 is 5.11 Å². The van der Waals surface area contributed by atoms with Crippen molar-refractivity contribution in [1.82, 2.24) is 5.32 Å². The summed E-state index contributed by atoms with van der Waals surface area (Å²) in [6, 6.07) is 4.07. The Bertz CT molecular complexity index is 300. The summed E-state index contributed by atoms with van der Waals surface area (Å²) in [5.74, 6) is 0.399. The minimum absolute atomic E-state index is 0.0210. The molecule has 92 valence electrons. The van der Waals surface area contributed by atoms with Crippen molar-refractivity contribution in [3.05, 3.63) is 22.4 Å². The van der Waals surface area contributed by atoms with Gasteiger partial charge in [-0.05, 0) is 38.1 Å². The monoisotopic (exact) mass is 241 g/mol. The largest absolute Gasteiger partial charge is 0.386 e. The molecule has 1 aromatic heterocycles. The molecule has 0 aliphatic carbocycles. The van der Waals surface area contributed by atoms with Gasteiger partial charge in [-0.2, -0.15) is 0 Å². The van der Waals surface area contributed by atoms with Crippen LogP contribution in [0.1, 0.15) is 45.6 Å². The fraction of sp³-hybridized carbons (Fsp3) is 0.692. The molecule has 2 N–H and O–H groups in total. The van der Waals surface area contributed by atoms with Crippen molar-refractivity contribution in [2.75, 3.05) is 0 Å². The normalized spacial score (nSPS) is 16.4. The summed E-state index contributed by atoms with van der Waals surface area (Å²) >= 11 is 1.61. The molecule has 0 spiro atoms. The van der Waals surface area contributed by atoms with Crippen LogP contribution in [0.15, 0.2) is 17.5 Å². The summed E-state index contributed by atoms with van der Waals surface area (Å²) in [7, 11) is 0. The van der Waals surface area contributed by atoms with E-state index in [0.29, 0.717) is 5.92 Å². The molecule has 0 aliphatic rings. The van der Waals surface area contributed by atoms with Gasteiger partial charge in [0.1, 0.15) is 6.10 Å². The minimum Gasteiger partial charge on any atom is -0.386 e. The molecular weight excluding hydrogens is 218 g/mol. The molecule has 1 aromatic rings. The molecule has 0 radical (unpaired) electrons. The molecule has 0 aromatic carbocycles. The van der Waals surface area contributed by atoms with Gasteiger partial charge in [0.2, 0.25) is 0 Å². The lowest BCUT2D eigenvalue weighted by atomic mass is 9.94. The van der Waals surface area contributed by atoms with E-state index in [-0.39, 0.29) is 11.6 Å². The second-order valence-corrected chi connectivity index (χ2v) is 6.60. The number of aliphatic hydroxyl groups excluding tert-OH is 1. The predicted molar refractivity (Wildman–Crippen MR) is 70.8 cm³/mol. The first-order valence-corrected chi connectivity index (χ1v) is 6.68. The standard InChI is InChI=1S/C13H23NOS/c1-9(2)11(14-13(3,4)5)12(15)10-7-6-8-16-10/h6-9,11-12,14-15H,1-5H3. The van der Waals surface area contributed by atoms with Gasteiger partial charge in [0.05, 0.1) is 0 Å². The predicted octanol–water partition coefficient (Wildman–Crippen LogP) is 3.19. The lowest BCUT2D eigenvalue weighted by Crippen LogP contribution is -2.49. The molecule has 16 heavy (non-hydrogen) atoms. The van der Waals surface area contributed by atoms with Crippen LogP contribution in [-0.2, 0) is 0 Å². The Kier molecular flexibility index (Phi) is 4.53. The third-order valence-corrected chi connectivity index (χ3v) is 3.44. The summed E-state index contributed by atoms with van der Waals surface area (Å²) in [5, 5.41) is 15.9. The highest BCUT2D eigenvalue weighted by atomic mass is 32.1. The Balaban J connectivity index is 2.78. The fourth-order valence-electron chi connectivity index (χ4n) is 1.75. The minimum atomic E-state index is -0.417. The molecule has 0 amide bonds. The molecule has 0 fully saturated rings. The van der Waals surface area contributed by atoms with Crippen LogP contribution in [0.5, 0.6) is 0 Å². The van der Waals surface area contributed by atoms with E-state index in [1.54, 1.807) is 11.3 Å². The maximum atomic E-state index is 10.4. The summed E-state index contributed by atoms with van der Waals surface area (Å²) in [6.45, 7) is 10.7. The highest BCUT2D eigenvalue weighted by molar-refractivity contribution is 7.10. The van der Waals surface area contributed by atoms with Crippen LogP contribution in [0.25, 0.3) is 0 Å². The van der Waals surface area contributed by atoms with E-state index in [2.05, 4.69) is 39.9 Å². The quantitative estimate of drug-likeness (QED) is 0.848. The van der Waals surface area contributed by atoms with Crippen LogP contribution in [0, 0.1) is 5.92 Å². The van der Waals surface area contributed by atoms with Crippen molar-refractivity contribution in [2.24, 2.45) is 5.92 Å². The molecule has 2 nitrogen and oxygen atoms in total. The van der Waals surface area contributed by atoms with E-state index in [9.17, 15) is 5.11 Å². The van der Waals surface area contributed by atoms with Gasteiger partial charge in [0.25, 0.3) is 0 Å². The molecule has 0 aliphatic heterocycles. The van der Waals surface area contributed by atoms with Crippen molar-refractivity contribution in [3.8, 4) is 0 Å². The van der Waals surface area contributed by atoms with Crippen LogP contribution in [0.2, 0.25) is 0 Å². The molecule has 0 saturated heterocycles. The van der Waals surface area contributed by atoms with E-state index in [1.165, 1.54) is 0 Å². The maximum absolute atomic E-state index is 10.4. The van der Waals surface area contributed by atoms with Crippen LogP contribution in [0.4, 0.5) is 0 Å². The van der Waals surface area contributed by atoms with Gasteiger partial charge in [0.15, 0.2) is 0 Å². The smallest absolute Gasteiger partial charge is 0.104 e. The fourth-order valence-corrected chi connectivity index (χ4v) is 2.50. The molecule has 2 unspecified atom stereocenters. The number of rotatable bonds is 4. The van der Waals surface area contributed by atoms with Gasteiger partial charge in [-0.3, -0.25) is 0 Å². The number of thiophene rings is 1. The van der Waals surface area contributed by atoms with Crippen LogP contribution < -0.4 is 5.32 Å². The molecule has 3 heteroatoms. The van der Waals surface area contributed by atoms with Crippen LogP contribution in [0.3, 0.4) is 0 Å². The first-order valence-electron chi connectivity index (χ1n) is 5.80. The maximum Gasteiger partial charge on any atom is 0.104 e. The zero-order chi connectivity index (χ0) is 12.3. The van der Waals surface area contributed by atoms with E-state index in [0.717, 1.165) is 4.88 Å². The highest BCUT2D eigenvalue weighted by Gasteiger charge is 2.28. The van der Waals surface area contributed by atoms with Gasteiger partial charge >= 0.3 is 0 Å². The van der Waals surface area contributed by atoms with E-state index in [1.807, 2.05) is 17.5 Å². The average molecular weight is 241 g/mol. The number of aliphatic hydroxyl groups is 1. The van der Waals surface area contributed by atoms with E-state index in [4.69, 9.17) is 0 Å². The number of nitrogens with one attached hydrogen (secondary N) is 1. The van der Waals surface area contributed by atoms with Crippen LogP contribution >= 0.6 is 11.3 Å². The van der Waals surface area contributed by atoms with Gasteiger partial charge in [-0.1, -0.05) is 19.9 Å². The Labute approximate surface area is 103 Å². The Morgan fingerprint density at radius 3 is 2.31 bits per heavy atom. The van der Waals surface area contributed by atoms with Gasteiger partial charge in [-0.15, -0.1) is 11.3 Å².